The first kappa shape index (κ1) is 14.4. The summed E-state index contributed by atoms with van der Waals surface area (Å²) in [6, 6.07) is 2.13. The fourth-order valence-electron chi connectivity index (χ4n) is 2.11. The summed E-state index contributed by atoms with van der Waals surface area (Å²) < 4.78 is 16.6. The molecule has 0 atom stereocenters. The van der Waals surface area contributed by atoms with Crippen molar-refractivity contribution < 1.29 is 13.3 Å². The first-order valence-corrected chi connectivity index (χ1v) is 7.39. The second-order valence-electron chi connectivity index (χ2n) is 4.28. The zero-order valence-corrected chi connectivity index (χ0v) is 12.8. The fourth-order valence-corrected chi connectivity index (χ4v) is 4.31. The van der Waals surface area contributed by atoms with Crippen LogP contribution in [-0.2, 0) is 13.3 Å². The van der Waals surface area contributed by atoms with Gasteiger partial charge in [-0.1, -0.05) is 6.07 Å². The molecule has 0 aromatic heterocycles. The standard InChI is InChI=1S/C13H22O3Si/c1-9-8-13(12(4)11(3)10(9)2)17(14-5,15-6)16-7/h8H,1-7H3. The maximum absolute atomic E-state index is 5.55. The zero-order chi connectivity index (χ0) is 13.2. The topological polar surface area (TPSA) is 27.7 Å². The lowest BCUT2D eigenvalue weighted by atomic mass is 10.00. The van der Waals surface area contributed by atoms with Gasteiger partial charge >= 0.3 is 8.80 Å². The first-order valence-electron chi connectivity index (χ1n) is 5.66. The fraction of sp³-hybridized carbons (Fsp3) is 0.538. The predicted molar refractivity (Wildman–Crippen MR) is 71.8 cm³/mol. The van der Waals surface area contributed by atoms with Crippen molar-refractivity contribution in [2.45, 2.75) is 27.7 Å². The van der Waals surface area contributed by atoms with Crippen LogP contribution in [0.15, 0.2) is 6.07 Å². The molecular formula is C13H22O3Si. The minimum Gasteiger partial charge on any atom is -0.373 e. The molecule has 0 aliphatic heterocycles. The number of hydrogen-bond donors (Lipinski definition) is 0. The van der Waals surface area contributed by atoms with E-state index in [9.17, 15) is 0 Å². The van der Waals surface area contributed by atoms with Crippen molar-refractivity contribution in [2.75, 3.05) is 21.3 Å². The zero-order valence-electron chi connectivity index (χ0n) is 11.8. The Morgan fingerprint density at radius 1 is 0.765 bits per heavy atom. The van der Waals surface area contributed by atoms with Gasteiger partial charge in [-0.3, -0.25) is 0 Å². The molecular weight excluding hydrogens is 232 g/mol. The summed E-state index contributed by atoms with van der Waals surface area (Å²) in [6.07, 6.45) is 0. The molecule has 0 radical (unpaired) electrons. The Morgan fingerprint density at radius 3 is 1.65 bits per heavy atom. The number of benzene rings is 1. The van der Waals surface area contributed by atoms with Crippen molar-refractivity contribution in [3.8, 4) is 0 Å². The van der Waals surface area contributed by atoms with E-state index < -0.39 is 8.80 Å². The van der Waals surface area contributed by atoms with E-state index in [1.54, 1.807) is 21.3 Å². The minimum atomic E-state index is -2.72. The Morgan fingerprint density at radius 2 is 1.24 bits per heavy atom. The molecule has 96 valence electrons. The smallest absolute Gasteiger partial charge is 0.373 e. The van der Waals surface area contributed by atoms with E-state index in [2.05, 4.69) is 33.8 Å². The predicted octanol–water partition coefficient (Wildman–Crippen LogP) is 2.01. The highest BCUT2D eigenvalue weighted by Gasteiger charge is 2.42. The van der Waals surface area contributed by atoms with Crippen LogP contribution in [0, 0.1) is 27.7 Å². The van der Waals surface area contributed by atoms with E-state index in [-0.39, 0.29) is 0 Å². The van der Waals surface area contributed by atoms with Crippen molar-refractivity contribution in [3.63, 3.8) is 0 Å². The molecule has 4 heteroatoms. The number of aryl methyl sites for hydroxylation is 1. The van der Waals surface area contributed by atoms with Crippen LogP contribution in [0.4, 0.5) is 0 Å². The van der Waals surface area contributed by atoms with E-state index in [4.69, 9.17) is 13.3 Å². The second-order valence-corrected chi connectivity index (χ2v) is 7.16. The summed E-state index contributed by atoms with van der Waals surface area (Å²) in [5.74, 6) is 0. The normalized spacial score (nSPS) is 11.9. The second kappa shape index (κ2) is 5.31. The molecule has 0 amide bonds. The molecule has 0 spiro atoms. The molecule has 0 fully saturated rings. The van der Waals surface area contributed by atoms with E-state index >= 15 is 0 Å². The van der Waals surface area contributed by atoms with Gasteiger partial charge in [-0.2, -0.15) is 0 Å². The van der Waals surface area contributed by atoms with E-state index in [1.165, 1.54) is 22.3 Å². The Labute approximate surface area is 105 Å². The third-order valence-electron chi connectivity index (χ3n) is 3.62. The van der Waals surface area contributed by atoms with Crippen molar-refractivity contribution in [1.82, 2.24) is 0 Å². The Hall–Kier alpha value is -0.683. The molecule has 0 aliphatic rings. The molecule has 0 N–H and O–H groups in total. The summed E-state index contributed by atoms with van der Waals surface area (Å²) in [6.45, 7) is 8.46. The van der Waals surface area contributed by atoms with Gasteiger partial charge in [-0.25, -0.2) is 0 Å². The molecule has 17 heavy (non-hydrogen) atoms. The lowest BCUT2D eigenvalue weighted by molar-refractivity contribution is 0.140. The minimum absolute atomic E-state index is 1.06. The largest absolute Gasteiger partial charge is 0.536 e. The van der Waals surface area contributed by atoms with Gasteiger partial charge in [0.15, 0.2) is 0 Å². The molecule has 1 aromatic carbocycles. The van der Waals surface area contributed by atoms with Crippen LogP contribution in [-0.4, -0.2) is 30.1 Å². The van der Waals surface area contributed by atoms with Crippen LogP contribution in [0.5, 0.6) is 0 Å². The molecule has 3 nitrogen and oxygen atoms in total. The van der Waals surface area contributed by atoms with E-state index in [1.807, 2.05) is 0 Å². The monoisotopic (exact) mass is 254 g/mol. The van der Waals surface area contributed by atoms with Gasteiger partial charge < -0.3 is 13.3 Å². The van der Waals surface area contributed by atoms with Gasteiger partial charge in [0.2, 0.25) is 0 Å². The quantitative estimate of drug-likeness (QED) is 0.769. The molecule has 1 rings (SSSR count). The molecule has 0 aliphatic carbocycles. The summed E-state index contributed by atoms with van der Waals surface area (Å²) in [5.41, 5.74) is 5.04. The highest BCUT2D eigenvalue weighted by Crippen LogP contribution is 2.19. The van der Waals surface area contributed by atoms with Crippen LogP contribution < -0.4 is 5.19 Å². The maximum atomic E-state index is 5.55. The molecule has 0 unspecified atom stereocenters. The SMILES string of the molecule is CO[Si](OC)(OC)c1cc(C)c(C)c(C)c1C. The summed E-state index contributed by atoms with van der Waals surface area (Å²) in [5, 5.41) is 1.06. The van der Waals surface area contributed by atoms with Crippen LogP contribution in [0.3, 0.4) is 0 Å². The maximum Gasteiger partial charge on any atom is 0.536 e. The molecule has 0 heterocycles. The van der Waals surface area contributed by atoms with Gasteiger partial charge in [-0.15, -0.1) is 0 Å². The van der Waals surface area contributed by atoms with E-state index in [0.29, 0.717) is 0 Å². The highest BCUT2D eigenvalue weighted by atomic mass is 28.4. The molecule has 0 saturated heterocycles. The lowest BCUT2D eigenvalue weighted by Gasteiger charge is -2.27. The highest BCUT2D eigenvalue weighted by molar-refractivity contribution is 6.75. The van der Waals surface area contributed by atoms with Gasteiger partial charge in [0.1, 0.15) is 0 Å². The number of rotatable bonds is 4. The van der Waals surface area contributed by atoms with Crippen molar-refractivity contribution >= 4 is 14.0 Å². The molecule has 1 aromatic rings. The third-order valence-corrected chi connectivity index (χ3v) is 6.41. The summed E-state index contributed by atoms with van der Waals surface area (Å²) in [4.78, 5) is 0. The van der Waals surface area contributed by atoms with Crippen molar-refractivity contribution in [3.05, 3.63) is 28.3 Å². The van der Waals surface area contributed by atoms with Gasteiger partial charge in [0.05, 0.1) is 0 Å². The molecule has 0 bridgehead atoms. The summed E-state index contributed by atoms with van der Waals surface area (Å²) >= 11 is 0. The van der Waals surface area contributed by atoms with Crippen LogP contribution >= 0.6 is 0 Å². The average Bonchev–Trinajstić information content (AvgIpc) is 2.35. The third kappa shape index (κ3) is 2.31. The molecule has 0 saturated carbocycles. The van der Waals surface area contributed by atoms with Gasteiger partial charge in [-0.05, 0) is 49.9 Å². The van der Waals surface area contributed by atoms with Crippen LogP contribution in [0.25, 0.3) is 0 Å². The number of hydrogen-bond acceptors (Lipinski definition) is 3. The van der Waals surface area contributed by atoms with Crippen molar-refractivity contribution in [2.24, 2.45) is 0 Å². The Balaban J connectivity index is 3.50. The Kier molecular flexibility index (Phi) is 4.49. The van der Waals surface area contributed by atoms with Gasteiger partial charge in [0.25, 0.3) is 0 Å². The lowest BCUT2D eigenvalue weighted by Crippen LogP contribution is -2.56. The van der Waals surface area contributed by atoms with Crippen LogP contribution in [0.2, 0.25) is 0 Å². The van der Waals surface area contributed by atoms with Crippen LogP contribution in [0.1, 0.15) is 22.3 Å². The van der Waals surface area contributed by atoms with Crippen molar-refractivity contribution in [1.29, 1.82) is 0 Å². The van der Waals surface area contributed by atoms with Gasteiger partial charge in [0, 0.05) is 26.5 Å². The first-order chi connectivity index (χ1) is 7.93. The Bertz CT molecular complexity index is 403. The van der Waals surface area contributed by atoms with E-state index in [0.717, 1.165) is 5.19 Å². The summed E-state index contributed by atoms with van der Waals surface area (Å²) in [7, 11) is 2.20. The average molecular weight is 254 g/mol.